The molecule has 0 saturated carbocycles. The van der Waals surface area contributed by atoms with Crippen molar-refractivity contribution in [1.82, 2.24) is 4.90 Å². The molecular weight excluding hydrogens is 310 g/mol. The van der Waals surface area contributed by atoms with E-state index in [1.165, 1.54) is 11.1 Å². The third-order valence-corrected chi connectivity index (χ3v) is 7.30. The van der Waals surface area contributed by atoms with Crippen molar-refractivity contribution in [3.05, 3.63) is 29.3 Å². The molecule has 2 heterocycles. The van der Waals surface area contributed by atoms with Crippen LogP contribution in [0.1, 0.15) is 44.7 Å². The van der Waals surface area contributed by atoms with Crippen molar-refractivity contribution in [3.63, 3.8) is 0 Å². The Morgan fingerprint density at radius 2 is 1.96 bits per heavy atom. The summed E-state index contributed by atoms with van der Waals surface area (Å²) >= 11 is 0. The topological polar surface area (TPSA) is 46.6 Å². The standard InChI is InChI=1S/C18H27NO3S/c1-4-23(20,21)16-8-10-19(11-9-16)13-15-7-5-6-14-12-18(2,3)22-17(14)15/h5-7,16H,4,8-13H2,1-3H3. The zero-order valence-corrected chi connectivity index (χ0v) is 15.2. The van der Waals surface area contributed by atoms with Crippen molar-refractivity contribution < 1.29 is 13.2 Å². The summed E-state index contributed by atoms with van der Waals surface area (Å²) in [7, 11) is -2.89. The molecule has 1 aromatic rings. The van der Waals surface area contributed by atoms with Gasteiger partial charge < -0.3 is 4.74 Å². The van der Waals surface area contributed by atoms with E-state index in [0.29, 0.717) is 0 Å². The second kappa shape index (κ2) is 6.10. The zero-order valence-electron chi connectivity index (χ0n) is 14.3. The van der Waals surface area contributed by atoms with E-state index >= 15 is 0 Å². The fourth-order valence-electron chi connectivity index (χ4n) is 3.71. The van der Waals surface area contributed by atoms with Crippen LogP contribution in [-0.2, 0) is 22.8 Å². The number of ether oxygens (including phenoxy) is 1. The van der Waals surface area contributed by atoms with Gasteiger partial charge in [0.25, 0.3) is 0 Å². The second-order valence-corrected chi connectivity index (χ2v) is 9.94. The molecular formula is C18H27NO3S. The van der Waals surface area contributed by atoms with Gasteiger partial charge in [0.2, 0.25) is 0 Å². The van der Waals surface area contributed by atoms with Gasteiger partial charge >= 0.3 is 0 Å². The molecule has 128 valence electrons. The number of hydrogen-bond acceptors (Lipinski definition) is 4. The summed E-state index contributed by atoms with van der Waals surface area (Å²) < 4.78 is 30.1. The van der Waals surface area contributed by atoms with E-state index in [1.54, 1.807) is 6.92 Å². The number of rotatable bonds is 4. The minimum Gasteiger partial charge on any atom is -0.487 e. The number of hydrogen-bond donors (Lipinski definition) is 0. The Bertz CT molecular complexity index is 674. The Morgan fingerprint density at radius 1 is 1.26 bits per heavy atom. The van der Waals surface area contributed by atoms with Crippen LogP contribution in [0.3, 0.4) is 0 Å². The summed E-state index contributed by atoms with van der Waals surface area (Å²) in [5.41, 5.74) is 2.39. The molecule has 3 rings (SSSR count). The number of fused-ring (bicyclic) bond motifs is 1. The Balaban J connectivity index is 1.66. The van der Waals surface area contributed by atoms with E-state index in [1.807, 2.05) is 0 Å². The first kappa shape index (κ1) is 16.8. The van der Waals surface area contributed by atoms with Gasteiger partial charge in [0.15, 0.2) is 9.84 Å². The number of sulfone groups is 1. The molecule has 0 spiro atoms. The molecule has 0 radical (unpaired) electrons. The molecule has 5 heteroatoms. The van der Waals surface area contributed by atoms with Crippen LogP contribution in [0.4, 0.5) is 0 Å². The van der Waals surface area contributed by atoms with Crippen LogP contribution >= 0.6 is 0 Å². The fourth-order valence-corrected chi connectivity index (χ4v) is 5.11. The van der Waals surface area contributed by atoms with Crippen molar-refractivity contribution in [2.75, 3.05) is 18.8 Å². The van der Waals surface area contributed by atoms with Crippen LogP contribution in [0.5, 0.6) is 5.75 Å². The molecule has 0 bridgehead atoms. The molecule has 23 heavy (non-hydrogen) atoms. The highest BCUT2D eigenvalue weighted by molar-refractivity contribution is 7.92. The Hall–Kier alpha value is -1.07. The molecule has 4 nitrogen and oxygen atoms in total. The fraction of sp³-hybridized carbons (Fsp3) is 0.667. The van der Waals surface area contributed by atoms with Crippen LogP contribution < -0.4 is 4.74 Å². The minimum atomic E-state index is -2.89. The van der Waals surface area contributed by atoms with Gasteiger partial charge in [-0.15, -0.1) is 0 Å². The number of para-hydroxylation sites is 1. The van der Waals surface area contributed by atoms with Gasteiger partial charge in [0.1, 0.15) is 11.4 Å². The maximum Gasteiger partial charge on any atom is 0.152 e. The molecule has 0 aromatic heterocycles. The van der Waals surface area contributed by atoms with Crippen LogP contribution in [-0.4, -0.2) is 43.0 Å². The predicted octanol–water partition coefficient (Wildman–Crippen LogP) is 2.80. The Labute approximate surface area is 139 Å². The molecule has 1 saturated heterocycles. The monoisotopic (exact) mass is 337 g/mol. The molecule has 0 N–H and O–H groups in total. The van der Waals surface area contributed by atoms with Crippen molar-refractivity contribution in [3.8, 4) is 5.75 Å². The summed E-state index contributed by atoms with van der Waals surface area (Å²) in [5, 5.41) is -0.152. The smallest absolute Gasteiger partial charge is 0.152 e. The van der Waals surface area contributed by atoms with Crippen LogP contribution in [0.2, 0.25) is 0 Å². The van der Waals surface area contributed by atoms with Crippen molar-refractivity contribution >= 4 is 9.84 Å². The SMILES string of the molecule is CCS(=O)(=O)C1CCN(Cc2cccc3c2OC(C)(C)C3)CC1. The lowest BCUT2D eigenvalue weighted by molar-refractivity contribution is 0.134. The largest absolute Gasteiger partial charge is 0.487 e. The maximum atomic E-state index is 12.0. The number of nitrogens with zero attached hydrogens (tertiary/aromatic N) is 1. The molecule has 1 fully saturated rings. The van der Waals surface area contributed by atoms with Gasteiger partial charge in [0.05, 0.1) is 5.25 Å². The lowest BCUT2D eigenvalue weighted by atomic mass is 10.00. The molecule has 2 aliphatic heterocycles. The highest BCUT2D eigenvalue weighted by Gasteiger charge is 2.33. The average Bonchev–Trinajstić information content (AvgIpc) is 2.83. The molecule has 2 aliphatic rings. The van der Waals surface area contributed by atoms with Crippen molar-refractivity contribution in [2.45, 2.75) is 57.4 Å². The van der Waals surface area contributed by atoms with Gasteiger partial charge in [-0.3, -0.25) is 4.90 Å². The zero-order chi connectivity index (χ0) is 16.7. The highest BCUT2D eigenvalue weighted by Crippen LogP contribution is 2.38. The van der Waals surface area contributed by atoms with Gasteiger partial charge in [0, 0.05) is 24.3 Å². The number of piperidine rings is 1. The van der Waals surface area contributed by atoms with Crippen LogP contribution in [0.15, 0.2) is 18.2 Å². The van der Waals surface area contributed by atoms with E-state index in [9.17, 15) is 8.42 Å². The summed E-state index contributed by atoms with van der Waals surface area (Å²) in [6.45, 7) is 8.52. The lowest BCUT2D eigenvalue weighted by Crippen LogP contribution is -2.39. The molecule has 0 atom stereocenters. The molecule has 0 amide bonds. The Morgan fingerprint density at radius 3 is 2.61 bits per heavy atom. The van der Waals surface area contributed by atoms with Gasteiger partial charge in [-0.1, -0.05) is 25.1 Å². The number of likely N-dealkylation sites (tertiary alicyclic amines) is 1. The molecule has 1 aromatic carbocycles. The normalized spacial score (nSPS) is 21.9. The summed E-state index contributed by atoms with van der Waals surface area (Å²) in [5.74, 6) is 1.30. The van der Waals surface area contributed by atoms with Gasteiger partial charge in [-0.2, -0.15) is 0 Å². The van der Waals surface area contributed by atoms with E-state index in [2.05, 4.69) is 36.9 Å². The first-order chi connectivity index (χ1) is 10.8. The minimum absolute atomic E-state index is 0.124. The maximum absolute atomic E-state index is 12.0. The van der Waals surface area contributed by atoms with Crippen molar-refractivity contribution in [2.24, 2.45) is 0 Å². The van der Waals surface area contributed by atoms with Gasteiger partial charge in [-0.25, -0.2) is 8.42 Å². The third-order valence-electron chi connectivity index (χ3n) is 5.01. The van der Waals surface area contributed by atoms with Crippen LogP contribution in [0.25, 0.3) is 0 Å². The van der Waals surface area contributed by atoms with E-state index in [0.717, 1.165) is 44.6 Å². The van der Waals surface area contributed by atoms with Crippen molar-refractivity contribution in [1.29, 1.82) is 0 Å². The second-order valence-electron chi connectivity index (χ2n) is 7.37. The van der Waals surface area contributed by atoms with E-state index < -0.39 is 9.84 Å². The first-order valence-corrected chi connectivity index (χ1v) is 10.3. The van der Waals surface area contributed by atoms with E-state index in [-0.39, 0.29) is 16.6 Å². The third kappa shape index (κ3) is 3.56. The summed E-state index contributed by atoms with van der Waals surface area (Å²) in [4.78, 5) is 2.35. The molecule has 0 unspecified atom stereocenters. The molecule has 0 aliphatic carbocycles. The first-order valence-electron chi connectivity index (χ1n) is 8.54. The Kier molecular flexibility index (Phi) is 4.45. The summed E-state index contributed by atoms with van der Waals surface area (Å²) in [6.07, 6.45) is 2.45. The number of benzene rings is 1. The quantitative estimate of drug-likeness (QED) is 0.847. The summed E-state index contributed by atoms with van der Waals surface area (Å²) in [6, 6.07) is 6.38. The van der Waals surface area contributed by atoms with E-state index in [4.69, 9.17) is 4.74 Å². The van der Waals surface area contributed by atoms with Crippen LogP contribution in [0, 0.1) is 0 Å². The highest BCUT2D eigenvalue weighted by atomic mass is 32.2. The van der Waals surface area contributed by atoms with Gasteiger partial charge in [-0.05, 0) is 45.3 Å². The lowest BCUT2D eigenvalue weighted by Gasteiger charge is -2.32. The average molecular weight is 337 g/mol. The predicted molar refractivity (Wildman–Crippen MR) is 92.6 cm³/mol.